The van der Waals surface area contributed by atoms with Crippen molar-refractivity contribution >= 4 is 5.91 Å². The Balaban J connectivity index is 3.06. The molecule has 4 nitrogen and oxygen atoms in total. The van der Waals surface area contributed by atoms with Crippen molar-refractivity contribution in [1.29, 1.82) is 0 Å². The van der Waals surface area contributed by atoms with E-state index in [4.69, 9.17) is 4.74 Å². The van der Waals surface area contributed by atoms with Gasteiger partial charge in [-0.3, -0.25) is 4.79 Å². The molecule has 0 aliphatic carbocycles. The molecular weight excluding hydrogens is 268 g/mol. The molecule has 0 heterocycles. The van der Waals surface area contributed by atoms with Gasteiger partial charge in [0.25, 0.3) is 5.91 Å². The van der Waals surface area contributed by atoms with Gasteiger partial charge >= 0.3 is 6.61 Å². The fourth-order valence-corrected chi connectivity index (χ4v) is 1.52. The zero-order valence-electron chi connectivity index (χ0n) is 11.9. The van der Waals surface area contributed by atoms with Crippen LogP contribution in [-0.2, 0) is 0 Å². The molecular formula is C14H19F2NO3. The molecule has 20 heavy (non-hydrogen) atoms. The summed E-state index contributed by atoms with van der Waals surface area (Å²) >= 11 is 0. The van der Waals surface area contributed by atoms with Crippen molar-refractivity contribution in [2.24, 2.45) is 5.92 Å². The van der Waals surface area contributed by atoms with Crippen molar-refractivity contribution in [3.05, 3.63) is 23.8 Å². The van der Waals surface area contributed by atoms with Gasteiger partial charge in [-0.15, -0.1) is 0 Å². The van der Waals surface area contributed by atoms with Crippen LogP contribution >= 0.6 is 0 Å². The van der Waals surface area contributed by atoms with E-state index in [9.17, 15) is 13.6 Å². The number of hydrogen-bond acceptors (Lipinski definition) is 3. The summed E-state index contributed by atoms with van der Waals surface area (Å²) in [5.74, 6) is -0.404. The van der Waals surface area contributed by atoms with Crippen LogP contribution in [0.3, 0.4) is 0 Å². The SMILES string of the molecule is COc1cccc(C(=O)NC(C)C(C)C)c1OC(F)F. The summed E-state index contributed by atoms with van der Waals surface area (Å²) in [7, 11) is 1.33. The molecule has 1 aromatic rings. The summed E-state index contributed by atoms with van der Waals surface area (Å²) in [4.78, 5) is 12.1. The van der Waals surface area contributed by atoms with E-state index in [-0.39, 0.29) is 29.0 Å². The maximum atomic E-state index is 12.5. The minimum Gasteiger partial charge on any atom is -0.493 e. The fourth-order valence-electron chi connectivity index (χ4n) is 1.52. The van der Waals surface area contributed by atoms with Gasteiger partial charge in [-0.05, 0) is 25.0 Å². The van der Waals surface area contributed by atoms with E-state index in [2.05, 4.69) is 10.1 Å². The molecule has 6 heteroatoms. The second-order valence-corrected chi connectivity index (χ2v) is 4.72. The molecule has 0 saturated carbocycles. The lowest BCUT2D eigenvalue weighted by Gasteiger charge is -2.19. The highest BCUT2D eigenvalue weighted by Gasteiger charge is 2.21. The van der Waals surface area contributed by atoms with E-state index in [1.54, 1.807) is 6.07 Å². The van der Waals surface area contributed by atoms with E-state index in [1.165, 1.54) is 19.2 Å². The van der Waals surface area contributed by atoms with Crippen molar-refractivity contribution in [2.45, 2.75) is 33.4 Å². The lowest BCUT2D eigenvalue weighted by atomic mass is 10.1. The van der Waals surface area contributed by atoms with Gasteiger partial charge in [0.1, 0.15) is 0 Å². The molecule has 0 fully saturated rings. The Morgan fingerprint density at radius 1 is 1.25 bits per heavy atom. The molecule has 0 bridgehead atoms. The highest BCUT2D eigenvalue weighted by atomic mass is 19.3. The largest absolute Gasteiger partial charge is 0.493 e. The summed E-state index contributed by atoms with van der Waals surface area (Å²) in [5.41, 5.74) is 0.0251. The van der Waals surface area contributed by atoms with Gasteiger partial charge in [0, 0.05) is 6.04 Å². The molecule has 1 atom stereocenters. The Morgan fingerprint density at radius 3 is 2.40 bits per heavy atom. The van der Waals surface area contributed by atoms with Crippen molar-refractivity contribution in [3.63, 3.8) is 0 Å². The smallest absolute Gasteiger partial charge is 0.387 e. The summed E-state index contributed by atoms with van der Waals surface area (Å²) < 4.78 is 34.3. The molecule has 0 spiro atoms. The van der Waals surface area contributed by atoms with Crippen molar-refractivity contribution in [3.8, 4) is 11.5 Å². The van der Waals surface area contributed by atoms with E-state index in [0.717, 1.165) is 0 Å². The third-order valence-corrected chi connectivity index (χ3v) is 3.01. The van der Waals surface area contributed by atoms with E-state index in [0.29, 0.717) is 0 Å². The minimum absolute atomic E-state index is 0.0251. The molecule has 1 N–H and O–H groups in total. The number of hydrogen-bond donors (Lipinski definition) is 1. The molecule has 1 amide bonds. The molecule has 112 valence electrons. The van der Waals surface area contributed by atoms with Crippen molar-refractivity contribution < 1.29 is 23.0 Å². The number of amides is 1. The zero-order valence-corrected chi connectivity index (χ0v) is 11.9. The third-order valence-electron chi connectivity index (χ3n) is 3.01. The number of rotatable bonds is 6. The van der Waals surface area contributed by atoms with E-state index >= 15 is 0 Å². The molecule has 0 saturated heterocycles. The maximum absolute atomic E-state index is 12.5. The lowest BCUT2D eigenvalue weighted by molar-refractivity contribution is -0.0515. The van der Waals surface area contributed by atoms with Crippen LogP contribution in [0.4, 0.5) is 8.78 Å². The van der Waals surface area contributed by atoms with Gasteiger partial charge in [-0.25, -0.2) is 0 Å². The normalized spacial score (nSPS) is 12.4. The number of carbonyl (C=O) groups is 1. The van der Waals surface area contributed by atoms with Gasteiger partial charge in [0.15, 0.2) is 11.5 Å². The first-order chi connectivity index (χ1) is 9.36. The van der Waals surface area contributed by atoms with Gasteiger partial charge < -0.3 is 14.8 Å². The first-order valence-electron chi connectivity index (χ1n) is 6.29. The van der Waals surface area contributed by atoms with Crippen LogP contribution in [0.5, 0.6) is 11.5 Å². The summed E-state index contributed by atoms with van der Waals surface area (Å²) in [6.07, 6.45) is 0. The van der Waals surface area contributed by atoms with Crippen molar-refractivity contribution in [2.75, 3.05) is 7.11 Å². The Kier molecular flexibility index (Phi) is 5.73. The standard InChI is InChI=1S/C14H19F2NO3/c1-8(2)9(3)17-13(18)10-6-5-7-11(19-4)12(10)20-14(15)16/h5-9,14H,1-4H3,(H,17,18). The molecule has 1 unspecified atom stereocenters. The fraction of sp³-hybridized carbons (Fsp3) is 0.500. The Labute approximate surface area is 117 Å². The molecule has 1 aromatic carbocycles. The van der Waals surface area contributed by atoms with Crippen LogP contribution in [0.25, 0.3) is 0 Å². The number of benzene rings is 1. The predicted octanol–water partition coefficient (Wildman–Crippen LogP) is 3.07. The first kappa shape index (κ1) is 16.2. The number of halogens is 2. The number of nitrogens with one attached hydrogen (secondary N) is 1. The molecule has 1 rings (SSSR count). The van der Waals surface area contributed by atoms with Crippen molar-refractivity contribution in [1.82, 2.24) is 5.32 Å². The lowest BCUT2D eigenvalue weighted by Crippen LogP contribution is -2.36. The first-order valence-corrected chi connectivity index (χ1v) is 6.29. The Hall–Kier alpha value is -1.85. The molecule has 0 aliphatic heterocycles. The van der Waals surface area contributed by atoms with Crippen LogP contribution < -0.4 is 14.8 Å². The van der Waals surface area contributed by atoms with Crippen LogP contribution in [0.1, 0.15) is 31.1 Å². The van der Waals surface area contributed by atoms with Gasteiger partial charge in [0.05, 0.1) is 12.7 Å². The van der Waals surface area contributed by atoms with E-state index < -0.39 is 12.5 Å². The van der Waals surface area contributed by atoms with Gasteiger partial charge in [-0.1, -0.05) is 19.9 Å². The quantitative estimate of drug-likeness (QED) is 0.874. The van der Waals surface area contributed by atoms with Crippen LogP contribution in [-0.4, -0.2) is 25.7 Å². The highest BCUT2D eigenvalue weighted by molar-refractivity contribution is 5.98. The number of ether oxygens (including phenoxy) is 2. The summed E-state index contributed by atoms with van der Waals surface area (Å²) in [6.45, 7) is 2.72. The topological polar surface area (TPSA) is 47.6 Å². The minimum atomic E-state index is -3.03. The maximum Gasteiger partial charge on any atom is 0.387 e. The monoisotopic (exact) mass is 287 g/mol. The van der Waals surface area contributed by atoms with E-state index in [1.807, 2.05) is 20.8 Å². The highest BCUT2D eigenvalue weighted by Crippen LogP contribution is 2.32. The Bertz CT molecular complexity index is 464. The number of methoxy groups -OCH3 is 1. The van der Waals surface area contributed by atoms with Crippen LogP contribution in [0.15, 0.2) is 18.2 Å². The number of alkyl halides is 2. The predicted molar refractivity (Wildman–Crippen MR) is 71.4 cm³/mol. The summed E-state index contributed by atoms with van der Waals surface area (Å²) in [5, 5.41) is 2.74. The third kappa shape index (κ3) is 4.08. The molecule has 0 radical (unpaired) electrons. The average molecular weight is 287 g/mol. The van der Waals surface area contributed by atoms with Gasteiger partial charge in [0.2, 0.25) is 0 Å². The average Bonchev–Trinajstić information content (AvgIpc) is 2.37. The van der Waals surface area contributed by atoms with Crippen LogP contribution in [0, 0.1) is 5.92 Å². The number of para-hydroxylation sites is 1. The zero-order chi connectivity index (χ0) is 15.3. The van der Waals surface area contributed by atoms with Gasteiger partial charge in [-0.2, -0.15) is 8.78 Å². The second kappa shape index (κ2) is 7.07. The van der Waals surface area contributed by atoms with Crippen LogP contribution in [0.2, 0.25) is 0 Å². The second-order valence-electron chi connectivity index (χ2n) is 4.72. The number of carbonyl (C=O) groups excluding carboxylic acids is 1. The summed E-state index contributed by atoms with van der Waals surface area (Å²) in [6, 6.07) is 4.34. The molecule has 0 aliphatic rings. The Morgan fingerprint density at radius 2 is 1.90 bits per heavy atom. The molecule has 0 aromatic heterocycles.